The van der Waals surface area contributed by atoms with E-state index < -0.39 is 0 Å². The van der Waals surface area contributed by atoms with Crippen LogP contribution in [0.3, 0.4) is 0 Å². The zero-order valence-electron chi connectivity index (χ0n) is 9.05. The molecular formula is C11H16BrNO2. The molecule has 4 heteroatoms. The van der Waals surface area contributed by atoms with E-state index in [1.165, 1.54) is 0 Å². The van der Waals surface area contributed by atoms with E-state index in [0.29, 0.717) is 6.61 Å². The van der Waals surface area contributed by atoms with Gasteiger partial charge in [0.2, 0.25) is 0 Å². The third-order valence-electron chi connectivity index (χ3n) is 1.91. The number of rotatable bonds is 6. The Morgan fingerprint density at radius 1 is 1.40 bits per heavy atom. The predicted octanol–water partition coefficient (Wildman–Crippen LogP) is 2.54. The van der Waals surface area contributed by atoms with Crippen molar-refractivity contribution in [3.63, 3.8) is 0 Å². The van der Waals surface area contributed by atoms with Crippen molar-refractivity contribution >= 4 is 15.9 Å². The Balaban J connectivity index is 2.72. The number of hydrogen-bond acceptors (Lipinski definition) is 3. The van der Waals surface area contributed by atoms with Gasteiger partial charge in [0.05, 0.1) is 4.47 Å². The Kier molecular flexibility index (Phi) is 5.68. The molecule has 0 aromatic heterocycles. The van der Waals surface area contributed by atoms with Gasteiger partial charge in [-0.3, -0.25) is 0 Å². The molecule has 0 atom stereocenters. The number of halogens is 1. The van der Waals surface area contributed by atoms with Gasteiger partial charge in [-0.1, -0.05) is 12.1 Å². The topological polar surface area (TPSA) is 30.5 Å². The SMILES string of the molecule is CCOCOc1c(Br)cccc1CNC. The highest BCUT2D eigenvalue weighted by molar-refractivity contribution is 9.10. The van der Waals surface area contributed by atoms with Gasteiger partial charge in [0.25, 0.3) is 0 Å². The fourth-order valence-electron chi connectivity index (χ4n) is 1.23. The third kappa shape index (κ3) is 3.81. The predicted molar refractivity (Wildman–Crippen MR) is 64.0 cm³/mol. The monoisotopic (exact) mass is 273 g/mol. The van der Waals surface area contributed by atoms with E-state index in [1.807, 2.05) is 32.2 Å². The highest BCUT2D eigenvalue weighted by Crippen LogP contribution is 2.28. The van der Waals surface area contributed by atoms with Gasteiger partial charge in [0.15, 0.2) is 6.79 Å². The minimum atomic E-state index is 0.288. The van der Waals surface area contributed by atoms with Gasteiger partial charge in [0.1, 0.15) is 5.75 Å². The van der Waals surface area contributed by atoms with Crippen LogP contribution in [0.4, 0.5) is 0 Å². The lowest BCUT2D eigenvalue weighted by Gasteiger charge is -2.12. The van der Waals surface area contributed by atoms with Crippen LogP contribution >= 0.6 is 15.9 Å². The molecule has 0 unspecified atom stereocenters. The summed E-state index contributed by atoms with van der Waals surface area (Å²) in [6.45, 7) is 3.67. The second-order valence-corrected chi connectivity index (χ2v) is 3.87. The third-order valence-corrected chi connectivity index (χ3v) is 2.53. The summed E-state index contributed by atoms with van der Waals surface area (Å²) in [7, 11) is 1.91. The second-order valence-electron chi connectivity index (χ2n) is 3.01. The molecule has 0 aliphatic heterocycles. The summed E-state index contributed by atoms with van der Waals surface area (Å²) in [4.78, 5) is 0. The van der Waals surface area contributed by atoms with E-state index in [-0.39, 0.29) is 6.79 Å². The molecule has 1 N–H and O–H groups in total. The van der Waals surface area contributed by atoms with E-state index in [0.717, 1.165) is 22.3 Å². The van der Waals surface area contributed by atoms with Gasteiger partial charge in [-0.15, -0.1) is 0 Å². The van der Waals surface area contributed by atoms with Crippen LogP contribution in [0.1, 0.15) is 12.5 Å². The standard InChI is InChI=1S/C11H16BrNO2/c1-3-14-8-15-11-9(7-13-2)5-4-6-10(11)12/h4-6,13H,3,7-8H2,1-2H3. The molecule has 3 nitrogen and oxygen atoms in total. The van der Waals surface area contributed by atoms with Crippen LogP contribution in [0.15, 0.2) is 22.7 Å². The lowest BCUT2D eigenvalue weighted by molar-refractivity contribution is 0.0213. The number of hydrogen-bond donors (Lipinski definition) is 1. The molecule has 15 heavy (non-hydrogen) atoms. The Morgan fingerprint density at radius 3 is 2.87 bits per heavy atom. The summed E-state index contributed by atoms with van der Waals surface area (Å²) in [5, 5.41) is 3.10. The van der Waals surface area contributed by atoms with Crippen molar-refractivity contribution in [3.8, 4) is 5.75 Å². The molecule has 0 amide bonds. The van der Waals surface area contributed by atoms with Crippen LogP contribution in [0.5, 0.6) is 5.75 Å². The molecule has 1 aromatic carbocycles. The summed E-state index contributed by atoms with van der Waals surface area (Å²) in [6, 6.07) is 5.98. The van der Waals surface area contributed by atoms with E-state index in [9.17, 15) is 0 Å². The largest absolute Gasteiger partial charge is 0.466 e. The maximum atomic E-state index is 5.55. The van der Waals surface area contributed by atoms with Crippen molar-refractivity contribution in [2.75, 3.05) is 20.4 Å². The van der Waals surface area contributed by atoms with Crippen molar-refractivity contribution in [1.82, 2.24) is 5.32 Å². The number of benzene rings is 1. The second kappa shape index (κ2) is 6.82. The van der Waals surface area contributed by atoms with Crippen LogP contribution in [0.25, 0.3) is 0 Å². The Hall–Kier alpha value is -0.580. The van der Waals surface area contributed by atoms with Crippen molar-refractivity contribution in [2.24, 2.45) is 0 Å². The van der Waals surface area contributed by atoms with Gasteiger partial charge in [0, 0.05) is 18.7 Å². The summed E-state index contributed by atoms with van der Waals surface area (Å²) >= 11 is 3.46. The van der Waals surface area contributed by atoms with Crippen LogP contribution in [0.2, 0.25) is 0 Å². The van der Waals surface area contributed by atoms with Crippen LogP contribution in [0, 0.1) is 0 Å². The summed E-state index contributed by atoms with van der Waals surface area (Å²) in [6.07, 6.45) is 0. The lowest BCUT2D eigenvalue weighted by atomic mass is 10.2. The zero-order valence-corrected chi connectivity index (χ0v) is 10.6. The van der Waals surface area contributed by atoms with Gasteiger partial charge < -0.3 is 14.8 Å². The first-order valence-electron chi connectivity index (χ1n) is 4.92. The molecule has 0 spiro atoms. The molecule has 0 radical (unpaired) electrons. The Morgan fingerprint density at radius 2 is 2.20 bits per heavy atom. The van der Waals surface area contributed by atoms with Crippen molar-refractivity contribution in [1.29, 1.82) is 0 Å². The van der Waals surface area contributed by atoms with Crippen LogP contribution in [-0.4, -0.2) is 20.4 Å². The van der Waals surface area contributed by atoms with Gasteiger partial charge >= 0.3 is 0 Å². The molecule has 84 valence electrons. The number of para-hydroxylation sites is 1. The normalized spacial score (nSPS) is 10.3. The smallest absolute Gasteiger partial charge is 0.189 e. The quantitative estimate of drug-likeness (QED) is 0.638. The number of nitrogens with one attached hydrogen (secondary N) is 1. The molecule has 0 heterocycles. The Labute approximate surface area is 98.9 Å². The molecule has 1 rings (SSSR count). The fraction of sp³-hybridized carbons (Fsp3) is 0.455. The maximum absolute atomic E-state index is 5.55. The molecule has 0 aliphatic carbocycles. The zero-order chi connectivity index (χ0) is 11.1. The molecule has 0 aliphatic rings. The first kappa shape index (κ1) is 12.5. The van der Waals surface area contributed by atoms with Crippen molar-refractivity contribution in [2.45, 2.75) is 13.5 Å². The summed E-state index contributed by atoms with van der Waals surface area (Å²) in [5.41, 5.74) is 1.12. The average Bonchev–Trinajstić information content (AvgIpc) is 2.23. The lowest BCUT2D eigenvalue weighted by Crippen LogP contribution is -2.09. The molecule has 0 bridgehead atoms. The van der Waals surface area contributed by atoms with Gasteiger partial charge in [-0.2, -0.15) is 0 Å². The fourth-order valence-corrected chi connectivity index (χ4v) is 1.75. The average molecular weight is 274 g/mol. The van der Waals surface area contributed by atoms with Crippen molar-refractivity contribution < 1.29 is 9.47 Å². The maximum Gasteiger partial charge on any atom is 0.189 e. The van der Waals surface area contributed by atoms with Crippen molar-refractivity contribution in [3.05, 3.63) is 28.2 Å². The van der Waals surface area contributed by atoms with E-state index in [1.54, 1.807) is 0 Å². The first-order valence-corrected chi connectivity index (χ1v) is 5.71. The van der Waals surface area contributed by atoms with E-state index >= 15 is 0 Å². The Bertz CT molecular complexity index is 305. The van der Waals surface area contributed by atoms with Gasteiger partial charge in [-0.25, -0.2) is 0 Å². The summed E-state index contributed by atoms with van der Waals surface area (Å²) in [5.74, 6) is 0.848. The minimum absolute atomic E-state index is 0.288. The highest BCUT2D eigenvalue weighted by Gasteiger charge is 2.06. The molecule has 1 aromatic rings. The molecule has 0 fully saturated rings. The molecular weight excluding hydrogens is 258 g/mol. The van der Waals surface area contributed by atoms with Gasteiger partial charge in [-0.05, 0) is 36.0 Å². The van der Waals surface area contributed by atoms with Crippen LogP contribution < -0.4 is 10.1 Å². The minimum Gasteiger partial charge on any atom is -0.466 e. The molecule has 0 saturated carbocycles. The summed E-state index contributed by atoms with van der Waals surface area (Å²) < 4.78 is 11.7. The first-order chi connectivity index (χ1) is 7.29. The number of ether oxygens (including phenoxy) is 2. The van der Waals surface area contributed by atoms with E-state index in [2.05, 4.69) is 21.2 Å². The van der Waals surface area contributed by atoms with Crippen LogP contribution in [-0.2, 0) is 11.3 Å². The molecule has 0 saturated heterocycles. The van der Waals surface area contributed by atoms with E-state index in [4.69, 9.17) is 9.47 Å². The highest BCUT2D eigenvalue weighted by atomic mass is 79.9.